The van der Waals surface area contributed by atoms with Crippen LogP contribution >= 0.6 is 0 Å². The Kier molecular flexibility index (Phi) is 8.41. The van der Waals surface area contributed by atoms with E-state index in [-0.39, 0.29) is 24.3 Å². The third-order valence-electron chi connectivity index (χ3n) is 4.66. The molecule has 0 aliphatic rings. The lowest BCUT2D eigenvalue weighted by molar-refractivity contribution is -0.404. The molecule has 0 saturated heterocycles. The molecule has 2 aromatic carbocycles. The molecule has 0 N–H and O–H groups in total. The molecule has 0 unspecified atom stereocenters. The summed E-state index contributed by atoms with van der Waals surface area (Å²) in [5, 5.41) is 68.8. The van der Waals surface area contributed by atoms with Crippen molar-refractivity contribution in [3.8, 4) is 5.75 Å². The van der Waals surface area contributed by atoms with Gasteiger partial charge >= 0.3 is 17.3 Å². The summed E-state index contributed by atoms with van der Waals surface area (Å²) in [5.41, 5.74) is -9.91. The number of hydrogen-bond acceptors (Lipinski definition) is 15. The zero-order chi connectivity index (χ0) is 29.8. The van der Waals surface area contributed by atoms with Gasteiger partial charge in [0, 0.05) is 0 Å². The molecule has 0 aliphatic heterocycles. The molecule has 0 radical (unpaired) electrons. The van der Waals surface area contributed by atoms with Crippen LogP contribution in [0.4, 0.5) is 34.1 Å². The van der Waals surface area contributed by atoms with E-state index in [0.717, 1.165) is 6.92 Å². The fraction of sp³-hybridized carbons (Fsp3) is 0.167. The molecule has 0 fully saturated rings. The second-order valence-electron chi connectivity index (χ2n) is 6.97. The quantitative estimate of drug-likeness (QED) is 0.127. The van der Waals surface area contributed by atoms with Crippen LogP contribution in [-0.4, -0.2) is 42.1 Å². The van der Waals surface area contributed by atoms with Gasteiger partial charge in [-0.05, 0) is 13.8 Å². The number of allylic oxidation sites excluding steroid dienone is 1. The van der Waals surface area contributed by atoms with Gasteiger partial charge in [0.1, 0.15) is 16.9 Å². The number of carbonyl (C=O) groups excluding carboxylic acids is 1. The van der Waals surface area contributed by atoms with Crippen molar-refractivity contribution < 1.29 is 43.8 Å². The van der Waals surface area contributed by atoms with Gasteiger partial charge < -0.3 is 9.47 Å². The summed E-state index contributed by atoms with van der Waals surface area (Å²) >= 11 is 0. The van der Waals surface area contributed by atoms with Gasteiger partial charge in [0.25, 0.3) is 28.5 Å². The van der Waals surface area contributed by atoms with E-state index in [4.69, 9.17) is 9.47 Å². The Hall–Kier alpha value is -6.15. The molecule has 0 aliphatic carbocycles. The Morgan fingerprint density at radius 1 is 0.667 bits per heavy atom. The number of hydrogen-bond donors (Lipinski definition) is 0. The van der Waals surface area contributed by atoms with Gasteiger partial charge in [0.2, 0.25) is 0 Å². The standard InChI is InChI=1S/C18H12N6O15/c1-3-38-18(25)15(16-11(21(30)31)4-9(19(26)27)5-12(16)22(32)33)8(2)39-17-13(23(34)35)6-10(20(28)29)7-14(17)24(36)37/h4-7H,3H2,1-2H3/b15-8-. The van der Waals surface area contributed by atoms with Crippen LogP contribution in [0.25, 0.3) is 5.57 Å². The van der Waals surface area contributed by atoms with Crippen molar-refractivity contribution in [2.45, 2.75) is 13.8 Å². The van der Waals surface area contributed by atoms with E-state index >= 15 is 0 Å². The number of nitro groups is 6. The number of ether oxygens (including phenoxy) is 2. The fourth-order valence-corrected chi connectivity index (χ4v) is 3.14. The molecule has 204 valence electrons. The Bertz CT molecular complexity index is 1430. The predicted molar refractivity (Wildman–Crippen MR) is 123 cm³/mol. The normalized spacial score (nSPS) is 11.1. The van der Waals surface area contributed by atoms with Crippen LogP contribution in [0.5, 0.6) is 5.75 Å². The largest absolute Gasteiger partial charge is 0.462 e. The number of nitrogens with zero attached hydrogens (tertiary/aromatic N) is 6. The Balaban J connectivity index is 3.07. The summed E-state index contributed by atoms with van der Waals surface area (Å²) < 4.78 is 9.92. The third kappa shape index (κ3) is 5.99. The van der Waals surface area contributed by atoms with Crippen LogP contribution in [0, 0.1) is 60.7 Å². The lowest BCUT2D eigenvalue weighted by atomic mass is 9.99. The lowest BCUT2D eigenvalue weighted by Gasteiger charge is -2.13. The molecular formula is C18H12N6O15. The maximum atomic E-state index is 12.8. The first kappa shape index (κ1) is 29.1. The molecule has 21 nitrogen and oxygen atoms in total. The van der Waals surface area contributed by atoms with Crippen LogP contribution in [0.1, 0.15) is 19.4 Å². The van der Waals surface area contributed by atoms with Gasteiger partial charge in [-0.25, -0.2) is 4.79 Å². The number of esters is 1. The van der Waals surface area contributed by atoms with E-state index in [9.17, 15) is 65.5 Å². The predicted octanol–water partition coefficient (Wildman–Crippen LogP) is 3.51. The van der Waals surface area contributed by atoms with Crippen LogP contribution in [-0.2, 0) is 9.53 Å². The van der Waals surface area contributed by atoms with E-state index in [2.05, 4.69) is 0 Å². The average Bonchev–Trinajstić information content (AvgIpc) is 2.83. The van der Waals surface area contributed by atoms with E-state index < -0.39 is 98.9 Å². The van der Waals surface area contributed by atoms with Crippen molar-refractivity contribution in [2.24, 2.45) is 0 Å². The van der Waals surface area contributed by atoms with Crippen molar-refractivity contribution in [3.05, 3.63) is 96.3 Å². The highest BCUT2D eigenvalue weighted by Gasteiger charge is 2.39. The van der Waals surface area contributed by atoms with E-state index in [1.807, 2.05) is 0 Å². The summed E-state index contributed by atoms with van der Waals surface area (Å²) in [6.45, 7) is 1.61. The number of carbonyl (C=O) groups is 1. The number of benzene rings is 2. The van der Waals surface area contributed by atoms with E-state index in [1.165, 1.54) is 6.92 Å². The minimum absolute atomic E-state index is 0.283. The Labute approximate surface area is 212 Å². The summed E-state index contributed by atoms with van der Waals surface area (Å²) in [5.74, 6) is -3.79. The van der Waals surface area contributed by atoms with Crippen LogP contribution in [0.15, 0.2) is 30.0 Å². The fourth-order valence-electron chi connectivity index (χ4n) is 3.14. The van der Waals surface area contributed by atoms with Gasteiger partial charge in [-0.2, -0.15) is 0 Å². The van der Waals surface area contributed by atoms with E-state index in [1.54, 1.807) is 0 Å². The van der Waals surface area contributed by atoms with Crippen LogP contribution in [0.3, 0.4) is 0 Å². The third-order valence-corrected chi connectivity index (χ3v) is 4.66. The zero-order valence-electron chi connectivity index (χ0n) is 19.3. The summed E-state index contributed by atoms with van der Waals surface area (Å²) in [4.78, 5) is 74.1. The number of rotatable bonds is 11. The first-order valence-electron chi connectivity index (χ1n) is 9.90. The van der Waals surface area contributed by atoms with E-state index in [0.29, 0.717) is 0 Å². The summed E-state index contributed by atoms with van der Waals surface area (Å²) in [7, 11) is 0. The molecule has 0 saturated carbocycles. The topological polar surface area (TPSA) is 294 Å². The first-order valence-corrected chi connectivity index (χ1v) is 9.90. The molecule has 0 heterocycles. The van der Waals surface area contributed by atoms with Crippen LogP contribution < -0.4 is 4.74 Å². The molecule has 21 heteroatoms. The molecule has 0 aromatic heterocycles. The highest BCUT2D eigenvalue weighted by molar-refractivity contribution is 6.20. The molecule has 0 atom stereocenters. The van der Waals surface area contributed by atoms with Crippen molar-refractivity contribution in [1.82, 2.24) is 0 Å². The van der Waals surface area contributed by atoms with Crippen molar-refractivity contribution in [2.75, 3.05) is 6.61 Å². The van der Waals surface area contributed by atoms with Gasteiger partial charge in [0.05, 0.1) is 60.4 Å². The maximum Gasteiger partial charge on any atom is 0.342 e. The lowest BCUT2D eigenvalue weighted by Crippen LogP contribution is -2.15. The Morgan fingerprint density at radius 2 is 1.03 bits per heavy atom. The highest BCUT2D eigenvalue weighted by atomic mass is 16.7. The number of nitro benzene ring substituents is 6. The second kappa shape index (κ2) is 11.3. The minimum Gasteiger partial charge on any atom is -0.462 e. The van der Waals surface area contributed by atoms with Crippen LogP contribution in [0.2, 0.25) is 0 Å². The summed E-state index contributed by atoms with van der Waals surface area (Å²) in [6.07, 6.45) is 0. The molecule has 0 amide bonds. The molecular weight excluding hydrogens is 540 g/mol. The smallest absolute Gasteiger partial charge is 0.342 e. The number of non-ortho nitro benzene ring substituents is 2. The van der Waals surface area contributed by atoms with Gasteiger partial charge in [0.15, 0.2) is 0 Å². The zero-order valence-corrected chi connectivity index (χ0v) is 19.3. The van der Waals surface area contributed by atoms with Crippen molar-refractivity contribution in [1.29, 1.82) is 0 Å². The first-order chi connectivity index (χ1) is 18.1. The van der Waals surface area contributed by atoms with Crippen molar-refractivity contribution in [3.63, 3.8) is 0 Å². The highest BCUT2D eigenvalue weighted by Crippen LogP contribution is 2.44. The molecule has 2 aromatic rings. The molecule has 2 rings (SSSR count). The summed E-state index contributed by atoms with van der Waals surface area (Å²) in [6, 6.07) is 1.14. The van der Waals surface area contributed by atoms with Crippen molar-refractivity contribution >= 4 is 45.7 Å². The average molecular weight is 552 g/mol. The minimum atomic E-state index is -1.55. The molecule has 0 bridgehead atoms. The SMILES string of the molecule is CCOC(=O)/C(=C(/C)Oc1c([N+](=O)[O-])cc([N+](=O)[O-])cc1[N+](=O)[O-])c1c([N+](=O)[O-])cc([N+](=O)[O-])cc1[N+](=O)[O-]. The monoisotopic (exact) mass is 552 g/mol. The molecule has 39 heavy (non-hydrogen) atoms. The second-order valence-corrected chi connectivity index (χ2v) is 6.97. The van der Waals surface area contributed by atoms with Gasteiger partial charge in [-0.3, -0.25) is 60.7 Å². The maximum absolute atomic E-state index is 12.8. The Morgan fingerprint density at radius 3 is 1.33 bits per heavy atom. The van der Waals surface area contributed by atoms with Gasteiger partial charge in [-0.15, -0.1) is 0 Å². The molecule has 0 spiro atoms. The van der Waals surface area contributed by atoms with Gasteiger partial charge in [-0.1, -0.05) is 0 Å².